The Morgan fingerprint density at radius 1 is 1.54 bits per heavy atom. The summed E-state index contributed by atoms with van der Waals surface area (Å²) in [5.74, 6) is 0.752. The molecular weight excluding hydrogens is 447 g/mol. The van der Waals surface area contributed by atoms with Crippen molar-refractivity contribution < 1.29 is 9.53 Å². The van der Waals surface area contributed by atoms with E-state index >= 15 is 0 Å². The van der Waals surface area contributed by atoms with E-state index in [0.717, 1.165) is 24.5 Å². The molecule has 9 heteroatoms. The number of hydrogen-bond acceptors (Lipinski definition) is 4. The second-order valence-electron chi connectivity index (χ2n) is 6.63. The van der Waals surface area contributed by atoms with Gasteiger partial charge in [-0.2, -0.15) is 5.10 Å². The number of guanidine groups is 1. The summed E-state index contributed by atoms with van der Waals surface area (Å²) in [7, 11) is 5.38. The number of aryl methyl sites for hydroxylation is 1. The average molecular weight is 478 g/mol. The Morgan fingerprint density at radius 3 is 2.85 bits per heavy atom. The van der Waals surface area contributed by atoms with Crippen LogP contribution in [-0.4, -0.2) is 77.8 Å². The predicted octanol–water partition coefficient (Wildman–Crippen LogP) is 1.24. The summed E-state index contributed by atoms with van der Waals surface area (Å²) in [4.78, 5) is 20.2. The van der Waals surface area contributed by atoms with Crippen molar-refractivity contribution in [3.63, 3.8) is 0 Å². The molecule has 1 aromatic rings. The largest absolute Gasteiger partial charge is 0.370 e. The van der Waals surface area contributed by atoms with Gasteiger partial charge in [-0.05, 0) is 13.3 Å². The van der Waals surface area contributed by atoms with Crippen molar-refractivity contribution in [2.24, 2.45) is 12.0 Å². The van der Waals surface area contributed by atoms with E-state index in [1.165, 1.54) is 0 Å². The third-order valence-corrected chi connectivity index (χ3v) is 4.31. The van der Waals surface area contributed by atoms with Gasteiger partial charge in [-0.3, -0.25) is 9.48 Å². The molecule has 1 aliphatic heterocycles. The van der Waals surface area contributed by atoms with Crippen molar-refractivity contribution in [2.45, 2.75) is 32.4 Å². The Labute approximate surface area is 173 Å². The normalized spacial score (nSPS) is 18.9. The van der Waals surface area contributed by atoms with E-state index in [2.05, 4.69) is 34.2 Å². The smallest absolute Gasteiger partial charge is 0.243 e. The lowest BCUT2D eigenvalue weighted by Gasteiger charge is -2.35. The summed E-state index contributed by atoms with van der Waals surface area (Å²) in [5.41, 5.74) is 1.06. The van der Waals surface area contributed by atoms with E-state index in [-0.39, 0.29) is 48.6 Å². The Morgan fingerprint density at radius 2 is 2.27 bits per heavy atom. The number of hydrogen-bond donors (Lipinski definition) is 1. The number of amides is 1. The van der Waals surface area contributed by atoms with Crippen LogP contribution in [0.5, 0.6) is 0 Å². The first-order valence-electron chi connectivity index (χ1n) is 8.77. The Hall–Kier alpha value is -1.36. The lowest BCUT2D eigenvalue weighted by Crippen LogP contribution is -2.50. The lowest BCUT2D eigenvalue weighted by atomic mass is 10.1. The van der Waals surface area contributed by atoms with Crippen molar-refractivity contribution in [2.75, 3.05) is 40.3 Å². The fraction of sp³-hybridized carbons (Fsp3) is 0.706. The highest BCUT2D eigenvalue weighted by Crippen LogP contribution is 2.21. The molecule has 2 heterocycles. The molecule has 2 atom stereocenters. The van der Waals surface area contributed by atoms with Crippen LogP contribution >= 0.6 is 24.0 Å². The standard InChI is InChI=1S/C17H30N6O2.HI/c1-6-13(2)20-17(18-10-16(24)21(3)4)23-7-8-25-15(12-23)14-9-19-22(5)11-14;/h9,11,13,15H,6-8,10,12H2,1-5H3,(H,18,20);1H. The van der Waals surface area contributed by atoms with E-state index in [9.17, 15) is 4.79 Å². The highest BCUT2D eigenvalue weighted by Gasteiger charge is 2.26. The van der Waals surface area contributed by atoms with E-state index in [0.29, 0.717) is 13.2 Å². The van der Waals surface area contributed by atoms with Crippen molar-refractivity contribution >= 4 is 35.8 Å². The van der Waals surface area contributed by atoms with E-state index in [1.54, 1.807) is 23.7 Å². The second kappa shape index (κ2) is 10.7. The van der Waals surface area contributed by atoms with E-state index in [4.69, 9.17) is 4.74 Å². The molecule has 0 radical (unpaired) electrons. The molecule has 148 valence electrons. The number of nitrogens with one attached hydrogen (secondary N) is 1. The summed E-state index contributed by atoms with van der Waals surface area (Å²) in [6.45, 7) is 6.42. The number of likely N-dealkylation sites (N-methyl/N-ethyl adjacent to an activating group) is 1. The highest BCUT2D eigenvalue weighted by molar-refractivity contribution is 14.0. The molecule has 0 spiro atoms. The molecule has 26 heavy (non-hydrogen) atoms. The molecule has 1 N–H and O–H groups in total. The minimum absolute atomic E-state index is 0. The van der Waals surface area contributed by atoms with Gasteiger partial charge >= 0.3 is 0 Å². The fourth-order valence-corrected chi connectivity index (χ4v) is 2.49. The molecule has 0 saturated carbocycles. The Kier molecular flexibility index (Phi) is 9.34. The zero-order valence-electron chi connectivity index (χ0n) is 16.3. The van der Waals surface area contributed by atoms with Gasteiger partial charge in [0.1, 0.15) is 12.6 Å². The first-order valence-corrected chi connectivity index (χ1v) is 8.77. The molecule has 1 aliphatic rings. The third-order valence-electron chi connectivity index (χ3n) is 4.31. The number of aromatic nitrogens is 2. The topological polar surface area (TPSA) is 75.0 Å². The van der Waals surface area contributed by atoms with Crippen LogP contribution in [0.4, 0.5) is 0 Å². The van der Waals surface area contributed by atoms with Crippen LogP contribution in [-0.2, 0) is 16.6 Å². The number of carbonyl (C=O) groups excluding carboxylic acids is 1. The number of aliphatic imine (C=N–C) groups is 1. The van der Waals surface area contributed by atoms with E-state index in [1.807, 2.05) is 19.4 Å². The van der Waals surface area contributed by atoms with Crippen molar-refractivity contribution in [3.05, 3.63) is 18.0 Å². The van der Waals surface area contributed by atoms with Gasteiger partial charge in [0.15, 0.2) is 5.96 Å². The highest BCUT2D eigenvalue weighted by atomic mass is 127. The molecule has 1 saturated heterocycles. The van der Waals surface area contributed by atoms with Crippen LogP contribution in [0.25, 0.3) is 0 Å². The minimum Gasteiger partial charge on any atom is -0.370 e. The maximum Gasteiger partial charge on any atom is 0.243 e. The van der Waals surface area contributed by atoms with E-state index < -0.39 is 0 Å². The van der Waals surface area contributed by atoms with Crippen molar-refractivity contribution in [1.29, 1.82) is 0 Å². The first kappa shape index (κ1) is 22.7. The van der Waals surface area contributed by atoms with Crippen molar-refractivity contribution in [1.82, 2.24) is 24.9 Å². The Balaban J connectivity index is 0.00000338. The number of halogens is 1. The number of nitrogens with zero attached hydrogens (tertiary/aromatic N) is 5. The molecule has 8 nitrogen and oxygen atoms in total. The number of morpholine rings is 1. The monoisotopic (exact) mass is 478 g/mol. The van der Waals surface area contributed by atoms with Gasteiger partial charge in [-0.25, -0.2) is 4.99 Å². The summed E-state index contributed by atoms with van der Waals surface area (Å²) >= 11 is 0. The van der Waals surface area contributed by atoms with Crippen molar-refractivity contribution in [3.8, 4) is 0 Å². The molecule has 0 bridgehead atoms. The Bertz CT molecular complexity index is 604. The zero-order chi connectivity index (χ0) is 18.4. The molecular formula is C17H31IN6O2. The minimum atomic E-state index is -0.0454. The lowest BCUT2D eigenvalue weighted by molar-refractivity contribution is -0.127. The van der Waals surface area contributed by atoms with Crippen LogP contribution in [0.15, 0.2) is 17.4 Å². The summed E-state index contributed by atoms with van der Waals surface area (Å²) in [6, 6.07) is 0.285. The van der Waals surface area contributed by atoms with Crippen LogP contribution in [0.2, 0.25) is 0 Å². The molecule has 1 amide bonds. The van der Waals surface area contributed by atoms with Gasteiger partial charge in [0.2, 0.25) is 5.91 Å². The SMILES string of the molecule is CCC(C)NC(=NCC(=O)N(C)C)N1CCOC(c2cnn(C)c2)C1.I. The summed E-state index contributed by atoms with van der Waals surface area (Å²) in [5, 5.41) is 7.66. The van der Waals surface area contributed by atoms with Gasteiger partial charge in [0, 0.05) is 45.5 Å². The van der Waals surface area contributed by atoms with Gasteiger partial charge in [-0.1, -0.05) is 6.92 Å². The number of ether oxygens (including phenoxy) is 1. The predicted molar refractivity (Wildman–Crippen MR) is 113 cm³/mol. The maximum atomic E-state index is 11.9. The van der Waals surface area contributed by atoms with Crippen LogP contribution < -0.4 is 5.32 Å². The number of carbonyl (C=O) groups is 1. The average Bonchev–Trinajstić information content (AvgIpc) is 3.04. The second-order valence-corrected chi connectivity index (χ2v) is 6.63. The summed E-state index contributed by atoms with van der Waals surface area (Å²) < 4.78 is 7.68. The quantitative estimate of drug-likeness (QED) is 0.392. The maximum absolute atomic E-state index is 11.9. The first-order chi connectivity index (χ1) is 11.9. The van der Waals surface area contributed by atoms with Gasteiger partial charge < -0.3 is 19.9 Å². The zero-order valence-corrected chi connectivity index (χ0v) is 18.6. The molecule has 2 rings (SSSR count). The number of rotatable bonds is 5. The molecule has 0 aromatic carbocycles. The van der Waals surface area contributed by atoms with Crippen LogP contribution in [0, 0.1) is 0 Å². The molecule has 2 unspecified atom stereocenters. The molecule has 1 fully saturated rings. The van der Waals surface area contributed by atoms with Gasteiger partial charge in [-0.15, -0.1) is 24.0 Å². The summed E-state index contributed by atoms with van der Waals surface area (Å²) in [6.07, 6.45) is 4.75. The fourth-order valence-electron chi connectivity index (χ4n) is 2.49. The van der Waals surface area contributed by atoms with Gasteiger partial charge in [0.25, 0.3) is 0 Å². The van der Waals surface area contributed by atoms with Gasteiger partial charge in [0.05, 0.1) is 19.3 Å². The van der Waals surface area contributed by atoms with Crippen LogP contribution in [0.3, 0.4) is 0 Å². The molecule has 0 aliphatic carbocycles. The third kappa shape index (κ3) is 6.42. The molecule has 1 aromatic heterocycles. The van der Waals surface area contributed by atoms with Crippen LogP contribution in [0.1, 0.15) is 31.9 Å².